The van der Waals surface area contributed by atoms with Crippen molar-refractivity contribution in [3.8, 4) is 0 Å². The SMILES string of the molecule is COC(=O)CC(O)(O[Si](C)(CC(C)(C)C)C(=O)OC(C)(C)C)N1CCCC1. The number of methoxy groups -OCH3 is 1. The Morgan fingerprint density at radius 1 is 1.07 bits per heavy atom. The quantitative estimate of drug-likeness (QED) is 0.396. The molecule has 1 fully saturated rings. The second-order valence-corrected chi connectivity index (χ2v) is 13.2. The second kappa shape index (κ2) is 8.59. The van der Waals surface area contributed by atoms with Gasteiger partial charge in [-0.2, -0.15) is 0 Å². The maximum atomic E-state index is 13.1. The Morgan fingerprint density at radius 3 is 2.00 bits per heavy atom. The van der Waals surface area contributed by atoms with Gasteiger partial charge in [0.2, 0.25) is 5.91 Å². The lowest BCUT2D eigenvalue weighted by Gasteiger charge is -2.43. The van der Waals surface area contributed by atoms with Gasteiger partial charge < -0.3 is 19.0 Å². The van der Waals surface area contributed by atoms with Crippen LogP contribution in [0.4, 0.5) is 4.79 Å². The monoisotopic (exact) mass is 403 g/mol. The number of carbonyl (C=O) groups is 2. The molecular weight excluding hydrogens is 366 g/mol. The third kappa shape index (κ3) is 7.52. The summed E-state index contributed by atoms with van der Waals surface area (Å²) in [6, 6.07) is 0.451. The van der Waals surface area contributed by atoms with E-state index in [1.807, 2.05) is 20.8 Å². The van der Waals surface area contributed by atoms with Crippen LogP contribution >= 0.6 is 0 Å². The van der Waals surface area contributed by atoms with Crippen molar-refractivity contribution in [2.75, 3.05) is 20.2 Å². The molecule has 1 heterocycles. The first kappa shape index (κ1) is 24.1. The maximum Gasteiger partial charge on any atom is 0.319 e. The molecule has 1 saturated heterocycles. The Hall–Kier alpha value is -0.963. The Balaban J connectivity index is 3.23. The molecule has 27 heavy (non-hydrogen) atoms. The Bertz CT molecular complexity index is 535. The number of rotatable bonds is 7. The van der Waals surface area contributed by atoms with Gasteiger partial charge in [0.1, 0.15) is 12.0 Å². The van der Waals surface area contributed by atoms with Gasteiger partial charge in [-0.15, -0.1) is 0 Å². The van der Waals surface area contributed by atoms with Crippen LogP contribution in [-0.4, -0.2) is 61.6 Å². The number of esters is 1. The maximum absolute atomic E-state index is 13.1. The molecule has 2 atom stereocenters. The molecule has 1 N–H and O–H groups in total. The van der Waals surface area contributed by atoms with Gasteiger partial charge in [0.05, 0.1) is 7.11 Å². The standard InChI is InChI=1S/C19H37NO6Si/c1-17(2,3)14-27(8,16(22)25-18(4,5)6)26-19(23,13-15(21)24-7)20-11-9-10-12-20/h23H,9-14H2,1-8H3. The van der Waals surface area contributed by atoms with Crippen molar-refractivity contribution in [2.45, 2.75) is 84.9 Å². The summed E-state index contributed by atoms with van der Waals surface area (Å²) in [5, 5.41) is 11.3. The van der Waals surface area contributed by atoms with Crippen LogP contribution < -0.4 is 0 Å². The van der Waals surface area contributed by atoms with E-state index >= 15 is 0 Å². The van der Waals surface area contributed by atoms with Crippen LogP contribution in [0.2, 0.25) is 12.6 Å². The highest BCUT2D eigenvalue weighted by Crippen LogP contribution is 2.36. The highest BCUT2D eigenvalue weighted by atomic mass is 28.4. The molecule has 1 aliphatic rings. The summed E-state index contributed by atoms with van der Waals surface area (Å²) >= 11 is 0. The van der Waals surface area contributed by atoms with Crippen molar-refractivity contribution in [2.24, 2.45) is 5.41 Å². The largest absolute Gasteiger partial charge is 0.469 e. The molecule has 0 aromatic carbocycles. The molecule has 0 aromatic heterocycles. The van der Waals surface area contributed by atoms with Crippen molar-refractivity contribution in [3.05, 3.63) is 0 Å². The van der Waals surface area contributed by atoms with E-state index < -0.39 is 31.4 Å². The molecule has 158 valence electrons. The van der Waals surface area contributed by atoms with Crippen molar-refractivity contribution >= 4 is 19.9 Å². The van der Waals surface area contributed by atoms with E-state index in [1.165, 1.54) is 7.11 Å². The normalized spacial score (nSPS) is 20.6. The summed E-state index contributed by atoms with van der Waals surface area (Å²) in [4.78, 5) is 26.8. The molecule has 0 amide bonds. The average molecular weight is 404 g/mol. The molecule has 0 spiro atoms. The van der Waals surface area contributed by atoms with Crippen molar-refractivity contribution in [1.29, 1.82) is 0 Å². The molecule has 1 aliphatic heterocycles. The van der Waals surface area contributed by atoms with Crippen LogP contribution in [0.1, 0.15) is 60.8 Å². The lowest BCUT2D eigenvalue weighted by Crippen LogP contribution is -2.61. The van der Waals surface area contributed by atoms with Crippen LogP contribution in [0.3, 0.4) is 0 Å². The summed E-state index contributed by atoms with van der Waals surface area (Å²) in [6.07, 6.45) is 1.45. The molecule has 0 saturated carbocycles. The van der Waals surface area contributed by atoms with Gasteiger partial charge in [-0.1, -0.05) is 20.8 Å². The first-order chi connectivity index (χ1) is 12.1. The zero-order valence-electron chi connectivity index (χ0n) is 18.2. The molecule has 0 aromatic rings. The fraction of sp³-hybridized carbons (Fsp3) is 0.895. The number of aliphatic hydroxyl groups is 1. The Morgan fingerprint density at radius 2 is 1.59 bits per heavy atom. The van der Waals surface area contributed by atoms with Crippen LogP contribution in [0.15, 0.2) is 0 Å². The highest BCUT2D eigenvalue weighted by Gasteiger charge is 2.53. The Labute approximate surface area is 164 Å². The van der Waals surface area contributed by atoms with Gasteiger partial charge in [-0.3, -0.25) is 14.5 Å². The predicted molar refractivity (Wildman–Crippen MR) is 106 cm³/mol. The molecule has 0 aliphatic carbocycles. The van der Waals surface area contributed by atoms with Gasteiger partial charge in [0.25, 0.3) is 0 Å². The number of likely N-dealkylation sites (tertiary alicyclic amines) is 1. The minimum absolute atomic E-state index is 0.213. The summed E-state index contributed by atoms with van der Waals surface area (Å²) in [5.41, 5.74) is -1.30. The summed E-state index contributed by atoms with van der Waals surface area (Å²) < 4.78 is 16.6. The Kier molecular flexibility index (Phi) is 7.66. The van der Waals surface area contributed by atoms with Gasteiger partial charge in [-0.25, -0.2) is 0 Å². The molecular formula is C19H37NO6Si. The third-order valence-electron chi connectivity index (χ3n) is 4.29. The molecule has 1 rings (SSSR count). The summed E-state index contributed by atoms with van der Waals surface area (Å²) in [6.45, 7) is 14.4. The fourth-order valence-corrected chi connectivity index (χ4v) is 7.22. The van der Waals surface area contributed by atoms with E-state index in [0.717, 1.165) is 12.8 Å². The number of nitrogens with zero attached hydrogens (tertiary/aromatic N) is 1. The minimum Gasteiger partial charge on any atom is -0.469 e. The van der Waals surface area contributed by atoms with Crippen LogP contribution in [0.5, 0.6) is 0 Å². The minimum atomic E-state index is -3.24. The van der Waals surface area contributed by atoms with E-state index in [2.05, 4.69) is 0 Å². The number of ether oxygens (including phenoxy) is 2. The van der Waals surface area contributed by atoms with Gasteiger partial charge >= 0.3 is 19.9 Å². The van der Waals surface area contributed by atoms with Crippen LogP contribution in [0.25, 0.3) is 0 Å². The number of hydrogen-bond acceptors (Lipinski definition) is 7. The van der Waals surface area contributed by atoms with E-state index in [4.69, 9.17) is 13.9 Å². The lowest BCUT2D eigenvalue weighted by molar-refractivity contribution is -0.249. The summed E-state index contributed by atoms with van der Waals surface area (Å²) in [5.74, 6) is -2.45. The number of carbonyl (C=O) groups excluding carboxylic acids is 2. The second-order valence-electron chi connectivity index (χ2n) is 9.76. The zero-order chi connectivity index (χ0) is 21.1. The molecule has 8 heteroatoms. The highest BCUT2D eigenvalue weighted by molar-refractivity contribution is 6.99. The number of hydrogen-bond donors (Lipinski definition) is 1. The summed E-state index contributed by atoms with van der Waals surface area (Å²) in [7, 11) is -1.97. The average Bonchev–Trinajstić information content (AvgIpc) is 2.97. The van der Waals surface area contributed by atoms with E-state index in [1.54, 1.807) is 32.2 Å². The van der Waals surface area contributed by atoms with Crippen molar-refractivity contribution in [3.63, 3.8) is 0 Å². The van der Waals surface area contributed by atoms with Gasteiger partial charge in [0.15, 0.2) is 0 Å². The van der Waals surface area contributed by atoms with Crippen LogP contribution in [0, 0.1) is 5.41 Å². The molecule has 0 bridgehead atoms. The first-order valence-electron chi connectivity index (χ1n) is 9.58. The van der Waals surface area contributed by atoms with Crippen molar-refractivity contribution < 1.29 is 28.6 Å². The molecule has 7 nitrogen and oxygen atoms in total. The topological polar surface area (TPSA) is 85.3 Å². The van der Waals surface area contributed by atoms with Gasteiger partial charge in [0, 0.05) is 13.1 Å². The first-order valence-corrected chi connectivity index (χ1v) is 12.2. The predicted octanol–water partition coefficient (Wildman–Crippen LogP) is 3.45. The van der Waals surface area contributed by atoms with E-state index in [9.17, 15) is 14.7 Å². The van der Waals surface area contributed by atoms with E-state index in [-0.39, 0.29) is 11.8 Å². The third-order valence-corrected chi connectivity index (χ3v) is 7.77. The smallest absolute Gasteiger partial charge is 0.319 e. The lowest BCUT2D eigenvalue weighted by atomic mass is 10.0. The van der Waals surface area contributed by atoms with Crippen LogP contribution in [-0.2, 0) is 18.7 Å². The van der Waals surface area contributed by atoms with E-state index in [0.29, 0.717) is 19.1 Å². The fourth-order valence-electron chi connectivity index (χ4n) is 3.45. The molecule has 2 unspecified atom stereocenters. The molecule has 0 radical (unpaired) electrons. The van der Waals surface area contributed by atoms with Gasteiger partial charge in [-0.05, 0) is 51.6 Å². The van der Waals surface area contributed by atoms with Crippen molar-refractivity contribution in [1.82, 2.24) is 4.90 Å². The zero-order valence-corrected chi connectivity index (χ0v) is 19.2.